The van der Waals surface area contributed by atoms with E-state index in [2.05, 4.69) is 17.1 Å². The average Bonchev–Trinajstić information content (AvgIpc) is 2.86. The first-order valence-corrected chi connectivity index (χ1v) is 7.97. The maximum atomic E-state index is 12.2. The van der Waals surface area contributed by atoms with Gasteiger partial charge in [0.05, 0.1) is 6.54 Å². The molecule has 0 atom stereocenters. The molecule has 1 N–H and O–H groups in total. The van der Waals surface area contributed by atoms with Crippen LogP contribution >= 0.6 is 0 Å². The minimum absolute atomic E-state index is 0.00474. The summed E-state index contributed by atoms with van der Waals surface area (Å²) in [6.45, 7) is 7.27. The zero-order valence-corrected chi connectivity index (χ0v) is 12.6. The number of likely N-dealkylation sites (tertiary alicyclic amines) is 1. The monoisotopic (exact) mass is 281 g/mol. The molecule has 0 aliphatic carbocycles. The first kappa shape index (κ1) is 15.4. The molecule has 0 unspecified atom stereocenters. The normalized spacial score (nSPS) is 20.9. The van der Waals surface area contributed by atoms with E-state index in [4.69, 9.17) is 0 Å². The molecule has 2 aliphatic rings. The molecule has 0 radical (unpaired) electrons. The Morgan fingerprint density at radius 2 is 2.15 bits per heavy atom. The van der Waals surface area contributed by atoms with Crippen LogP contribution in [0.15, 0.2) is 0 Å². The van der Waals surface area contributed by atoms with Crippen LogP contribution in [0.4, 0.5) is 0 Å². The molecule has 0 bridgehead atoms. The van der Waals surface area contributed by atoms with E-state index >= 15 is 0 Å². The van der Waals surface area contributed by atoms with E-state index in [1.807, 2.05) is 0 Å². The number of nitrogens with one attached hydrogen (secondary N) is 1. The minimum Gasteiger partial charge on any atom is -0.317 e. The highest BCUT2D eigenvalue weighted by atomic mass is 16.2. The van der Waals surface area contributed by atoms with Crippen molar-refractivity contribution >= 4 is 11.8 Å². The summed E-state index contributed by atoms with van der Waals surface area (Å²) < 4.78 is 0. The Bertz CT molecular complexity index is 340. The average molecular weight is 281 g/mol. The number of carbonyl (C=O) groups is 2. The van der Waals surface area contributed by atoms with Crippen LogP contribution in [0.3, 0.4) is 0 Å². The molecule has 2 saturated heterocycles. The predicted molar refractivity (Wildman–Crippen MR) is 78.3 cm³/mol. The highest BCUT2D eigenvalue weighted by Gasteiger charge is 2.28. The molecule has 5 heteroatoms. The van der Waals surface area contributed by atoms with Crippen molar-refractivity contribution in [3.63, 3.8) is 0 Å². The van der Waals surface area contributed by atoms with Gasteiger partial charge >= 0.3 is 0 Å². The summed E-state index contributed by atoms with van der Waals surface area (Å²) in [5, 5.41) is 3.37. The van der Waals surface area contributed by atoms with Gasteiger partial charge in [-0.25, -0.2) is 0 Å². The highest BCUT2D eigenvalue weighted by molar-refractivity contribution is 5.97. The summed E-state index contributed by atoms with van der Waals surface area (Å²) in [5.74, 6) is 0.688. The van der Waals surface area contributed by atoms with E-state index in [1.54, 1.807) is 0 Å². The molecular formula is C15H27N3O2. The van der Waals surface area contributed by atoms with Gasteiger partial charge in [0.15, 0.2) is 0 Å². The maximum Gasteiger partial charge on any atom is 0.243 e. The molecule has 2 rings (SSSR count). The van der Waals surface area contributed by atoms with E-state index in [9.17, 15) is 9.59 Å². The van der Waals surface area contributed by atoms with Crippen molar-refractivity contribution in [1.82, 2.24) is 15.1 Å². The molecule has 2 aliphatic heterocycles. The van der Waals surface area contributed by atoms with Crippen molar-refractivity contribution < 1.29 is 9.59 Å². The van der Waals surface area contributed by atoms with Gasteiger partial charge in [-0.15, -0.1) is 0 Å². The molecule has 0 aromatic carbocycles. The van der Waals surface area contributed by atoms with Gasteiger partial charge in [-0.3, -0.25) is 19.4 Å². The molecule has 0 saturated carbocycles. The highest BCUT2D eigenvalue weighted by Crippen LogP contribution is 2.15. The van der Waals surface area contributed by atoms with Gasteiger partial charge in [-0.05, 0) is 51.2 Å². The molecule has 5 nitrogen and oxygen atoms in total. The van der Waals surface area contributed by atoms with Crippen molar-refractivity contribution in [2.45, 2.75) is 39.0 Å². The van der Waals surface area contributed by atoms with Gasteiger partial charge in [-0.1, -0.05) is 6.92 Å². The Kier molecular flexibility index (Phi) is 5.98. The fourth-order valence-corrected chi connectivity index (χ4v) is 3.17. The Hall–Kier alpha value is -0.940. The van der Waals surface area contributed by atoms with Gasteiger partial charge in [0.2, 0.25) is 11.8 Å². The van der Waals surface area contributed by atoms with Crippen LogP contribution in [-0.2, 0) is 9.59 Å². The van der Waals surface area contributed by atoms with Gasteiger partial charge in [0.25, 0.3) is 0 Å². The summed E-state index contributed by atoms with van der Waals surface area (Å²) in [6.07, 6.45) is 4.79. The van der Waals surface area contributed by atoms with Crippen LogP contribution < -0.4 is 5.32 Å². The molecule has 2 fully saturated rings. The van der Waals surface area contributed by atoms with E-state index in [0.29, 0.717) is 25.4 Å². The number of nitrogens with zero attached hydrogens (tertiary/aromatic N) is 2. The largest absolute Gasteiger partial charge is 0.317 e. The third-order valence-electron chi connectivity index (χ3n) is 4.25. The summed E-state index contributed by atoms with van der Waals surface area (Å²) in [7, 11) is 0. The Labute approximate surface area is 121 Å². The quantitative estimate of drug-likeness (QED) is 0.784. The van der Waals surface area contributed by atoms with Crippen LogP contribution in [-0.4, -0.2) is 60.9 Å². The van der Waals surface area contributed by atoms with Gasteiger partial charge in [0.1, 0.15) is 0 Å². The van der Waals surface area contributed by atoms with Gasteiger partial charge < -0.3 is 5.32 Å². The molecule has 2 amide bonds. The SMILES string of the molecule is CCCN(CC(=O)N1CCCC1=O)CC1CCNCC1. The number of hydrogen-bond acceptors (Lipinski definition) is 4. The summed E-state index contributed by atoms with van der Waals surface area (Å²) in [5.41, 5.74) is 0. The number of hydrogen-bond donors (Lipinski definition) is 1. The summed E-state index contributed by atoms with van der Waals surface area (Å²) in [6, 6.07) is 0. The van der Waals surface area contributed by atoms with Crippen LogP contribution in [0.1, 0.15) is 39.0 Å². The van der Waals surface area contributed by atoms with E-state index in [-0.39, 0.29) is 11.8 Å². The number of piperidine rings is 1. The zero-order valence-electron chi connectivity index (χ0n) is 12.6. The van der Waals surface area contributed by atoms with Crippen molar-refractivity contribution in [3.8, 4) is 0 Å². The van der Waals surface area contributed by atoms with E-state index < -0.39 is 0 Å². The molecule has 2 heterocycles. The molecule has 20 heavy (non-hydrogen) atoms. The lowest BCUT2D eigenvalue weighted by molar-refractivity contribution is -0.142. The van der Waals surface area contributed by atoms with Crippen LogP contribution in [0, 0.1) is 5.92 Å². The zero-order chi connectivity index (χ0) is 14.4. The van der Waals surface area contributed by atoms with Crippen LogP contribution in [0.5, 0.6) is 0 Å². The Morgan fingerprint density at radius 3 is 2.75 bits per heavy atom. The van der Waals surface area contributed by atoms with Gasteiger partial charge in [-0.2, -0.15) is 0 Å². The van der Waals surface area contributed by atoms with E-state index in [0.717, 1.165) is 39.0 Å². The second kappa shape index (κ2) is 7.74. The van der Waals surface area contributed by atoms with Crippen molar-refractivity contribution in [2.24, 2.45) is 5.92 Å². The third kappa shape index (κ3) is 4.28. The first-order chi connectivity index (χ1) is 9.70. The number of amides is 2. The number of imide groups is 1. The lowest BCUT2D eigenvalue weighted by Crippen LogP contribution is -2.44. The smallest absolute Gasteiger partial charge is 0.243 e. The van der Waals surface area contributed by atoms with Gasteiger partial charge in [0, 0.05) is 19.5 Å². The molecule has 0 spiro atoms. The fraction of sp³-hybridized carbons (Fsp3) is 0.867. The summed E-state index contributed by atoms with van der Waals surface area (Å²) in [4.78, 5) is 27.5. The standard InChI is InChI=1S/C15H27N3O2/c1-2-9-17(11-13-5-7-16-8-6-13)12-15(20)18-10-3-4-14(18)19/h13,16H,2-12H2,1H3. The molecular weight excluding hydrogens is 254 g/mol. The molecule has 0 aromatic rings. The second-order valence-corrected chi connectivity index (χ2v) is 5.97. The minimum atomic E-state index is -0.00474. The fourth-order valence-electron chi connectivity index (χ4n) is 3.17. The number of carbonyl (C=O) groups excluding carboxylic acids is 2. The van der Waals surface area contributed by atoms with Crippen LogP contribution in [0.2, 0.25) is 0 Å². The second-order valence-electron chi connectivity index (χ2n) is 5.97. The lowest BCUT2D eigenvalue weighted by atomic mass is 9.97. The van der Waals surface area contributed by atoms with Crippen molar-refractivity contribution in [2.75, 3.05) is 39.3 Å². The Balaban J connectivity index is 1.84. The summed E-state index contributed by atoms with van der Waals surface area (Å²) >= 11 is 0. The predicted octanol–water partition coefficient (Wildman–Crippen LogP) is 0.847. The van der Waals surface area contributed by atoms with Crippen molar-refractivity contribution in [1.29, 1.82) is 0 Å². The maximum absolute atomic E-state index is 12.2. The van der Waals surface area contributed by atoms with Crippen molar-refractivity contribution in [3.05, 3.63) is 0 Å². The first-order valence-electron chi connectivity index (χ1n) is 7.97. The third-order valence-corrected chi connectivity index (χ3v) is 4.25. The topological polar surface area (TPSA) is 52.7 Å². The molecule has 0 aromatic heterocycles. The van der Waals surface area contributed by atoms with E-state index in [1.165, 1.54) is 17.7 Å². The van der Waals surface area contributed by atoms with Crippen LogP contribution in [0.25, 0.3) is 0 Å². The Morgan fingerprint density at radius 1 is 1.40 bits per heavy atom. The molecule has 114 valence electrons. The number of rotatable bonds is 6. The lowest BCUT2D eigenvalue weighted by Gasteiger charge is -2.30.